The zero-order chi connectivity index (χ0) is 15.6. The monoisotopic (exact) mass is 303 g/mol. The molecule has 0 unspecified atom stereocenters. The van der Waals surface area contributed by atoms with E-state index in [2.05, 4.69) is 9.97 Å². The molecule has 1 fully saturated rings. The largest absolute Gasteiger partial charge is 0.401 e. The molecule has 2 heterocycles. The Balaban J connectivity index is 2.02. The molecule has 1 aromatic rings. The first-order valence-electron chi connectivity index (χ1n) is 6.93. The Hall–Kier alpha value is -1.57. The molecule has 5 nitrogen and oxygen atoms in total. The molecule has 1 aromatic heterocycles. The summed E-state index contributed by atoms with van der Waals surface area (Å²) in [6, 6.07) is 1.67. The summed E-state index contributed by atoms with van der Waals surface area (Å²) >= 11 is 0. The molecule has 2 rings (SSSR count). The number of anilines is 2. The average molecular weight is 303 g/mol. The number of aromatic nitrogens is 2. The van der Waals surface area contributed by atoms with Gasteiger partial charge in [0, 0.05) is 38.2 Å². The van der Waals surface area contributed by atoms with Gasteiger partial charge in [0.05, 0.1) is 6.54 Å². The molecule has 1 aliphatic heterocycles. The Kier molecular flexibility index (Phi) is 4.55. The maximum atomic E-state index is 12.4. The number of piperazine rings is 1. The van der Waals surface area contributed by atoms with Gasteiger partial charge in [0.25, 0.3) is 0 Å². The number of nitrogen functional groups attached to an aromatic ring is 1. The van der Waals surface area contributed by atoms with Crippen LogP contribution in [0.5, 0.6) is 0 Å². The summed E-state index contributed by atoms with van der Waals surface area (Å²) in [5, 5.41) is 0. The maximum absolute atomic E-state index is 12.4. The minimum absolute atomic E-state index is 0.152. The van der Waals surface area contributed by atoms with E-state index in [0.717, 1.165) is 0 Å². The minimum atomic E-state index is -4.15. The van der Waals surface area contributed by atoms with E-state index < -0.39 is 12.7 Å². The van der Waals surface area contributed by atoms with Crippen molar-refractivity contribution < 1.29 is 13.2 Å². The molecule has 0 atom stereocenters. The zero-order valence-corrected chi connectivity index (χ0v) is 12.2. The SMILES string of the molecule is CC(C)c1nc(N)cc(N2CCN(CC(F)(F)F)CC2)n1. The van der Waals surface area contributed by atoms with E-state index in [1.165, 1.54) is 4.90 Å². The number of alkyl halides is 3. The van der Waals surface area contributed by atoms with Crippen molar-refractivity contribution in [1.29, 1.82) is 0 Å². The lowest BCUT2D eigenvalue weighted by atomic mass is 10.2. The fourth-order valence-corrected chi connectivity index (χ4v) is 2.28. The van der Waals surface area contributed by atoms with Gasteiger partial charge in [0.2, 0.25) is 0 Å². The van der Waals surface area contributed by atoms with E-state index in [-0.39, 0.29) is 5.92 Å². The molecule has 0 radical (unpaired) electrons. The van der Waals surface area contributed by atoms with Crippen molar-refractivity contribution in [3.63, 3.8) is 0 Å². The van der Waals surface area contributed by atoms with Crippen LogP contribution in [0.3, 0.4) is 0 Å². The second-order valence-corrected chi connectivity index (χ2v) is 5.54. The molecule has 118 valence electrons. The molecule has 0 aromatic carbocycles. The predicted octanol–water partition coefficient (Wildman–Crippen LogP) is 1.87. The van der Waals surface area contributed by atoms with Gasteiger partial charge in [-0.3, -0.25) is 4.90 Å². The number of nitrogens with two attached hydrogens (primary N) is 1. The van der Waals surface area contributed by atoms with Crippen molar-refractivity contribution in [3.05, 3.63) is 11.9 Å². The van der Waals surface area contributed by atoms with E-state index in [9.17, 15) is 13.2 Å². The second kappa shape index (κ2) is 6.05. The predicted molar refractivity (Wildman–Crippen MR) is 75.2 cm³/mol. The van der Waals surface area contributed by atoms with Crippen molar-refractivity contribution in [3.8, 4) is 0 Å². The van der Waals surface area contributed by atoms with Gasteiger partial charge < -0.3 is 10.6 Å². The van der Waals surface area contributed by atoms with Crippen molar-refractivity contribution in [2.24, 2.45) is 0 Å². The zero-order valence-electron chi connectivity index (χ0n) is 12.2. The Morgan fingerprint density at radius 1 is 1.19 bits per heavy atom. The summed E-state index contributed by atoms with van der Waals surface area (Å²) in [5.41, 5.74) is 5.78. The van der Waals surface area contributed by atoms with Crippen LogP contribution in [0.2, 0.25) is 0 Å². The van der Waals surface area contributed by atoms with E-state index >= 15 is 0 Å². The van der Waals surface area contributed by atoms with Gasteiger partial charge in [0.15, 0.2) is 0 Å². The molecule has 2 N–H and O–H groups in total. The van der Waals surface area contributed by atoms with Crippen LogP contribution in [0.15, 0.2) is 6.07 Å². The molecule has 21 heavy (non-hydrogen) atoms. The number of halogens is 3. The van der Waals surface area contributed by atoms with E-state index in [1.807, 2.05) is 18.7 Å². The molecule has 1 aliphatic rings. The van der Waals surface area contributed by atoms with Crippen LogP contribution < -0.4 is 10.6 Å². The Bertz CT molecular complexity index is 481. The first-order valence-corrected chi connectivity index (χ1v) is 6.93. The van der Waals surface area contributed by atoms with Gasteiger partial charge in [0.1, 0.15) is 17.5 Å². The van der Waals surface area contributed by atoms with Crippen LogP contribution in [0.25, 0.3) is 0 Å². The highest BCUT2D eigenvalue weighted by molar-refractivity contribution is 5.47. The fourth-order valence-electron chi connectivity index (χ4n) is 2.28. The molecule has 0 bridgehead atoms. The number of rotatable bonds is 3. The molecular weight excluding hydrogens is 283 g/mol. The van der Waals surface area contributed by atoms with Gasteiger partial charge in [-0.2, -0.15) is 13.2 Å². The van der Waals surface area contributed by atoms with Crippen LogP contribution in [-0.2, 0) is 0 Å². The van der Waals surface area contributed by atoms with E-state index in [4.69, 9.17) is 5.73 Å². The summed E-state index contributed by atoms with van der Waals surface area (Å²) in [6.45, 7) is 4.82. The maximum Gasteiger partial charge on any atom is 0.401 e. The molecular formula is C13H20F3N5. The van der Waals surface area contributed by atoms with E-state index in [0.29, 0.717) is 43.6 Å². The van der Waals surface area contributed by atoms with Crippen molar-refractivity contribution in [2.75, 3.05) is 43.4 Å². The second-order valence-electron chi connectivity index (χ2n) is 5.54. The topological polar surface area (TPSA) is 58.3 Å². The van der Waals surface area contributed by atoms with Gasteiger partial charge >= 0.3 is 6.18 Å². The molecule has 0 spiro atoms. The first-order chi connectivity index (χ1) is 9.74. The average Bonchev–Trinajstić information content (AvgIpc) is 2.37. The Morgan fingerprint density at radius 2 is 1.81 bits per heavy atom. The fraction of sp³-hybridized carbons (Fsp3) is 0.692. The lowest BCUT2D eigenvalue weighted by Gasteiger charge is -2.35. The highest BCUT2D eigenvalue weighted by Gasteiger charge is 2.32. The lowest BCUT2D eigenvalue weighted by Crippen LogP contribution is -2.49. The lowest BCUT2D eigenvalue weighted by molar-refractivity contribution is -0.146. The van der Waals surface area contributed by atoms with Crippen molar-refractivity contribution >= 4 is 11.6 Å². The third-order valence-corrected chi connectivity index (χ3v) is 3.37. The molecule has 8 heteroatoms. The Labute approximate surface area is 122 Å². The number of hydrogen-bond acceptors (Lipinski definition) is 5. The van der Waals surface area contributed by atoms with Crippen molar-refractivity contribution in [2.45, 2.75) is 25.9 Å². The van der Waals surface area contributed by atoms with E-state index in [1.54, 1.807) is 6.07 Å². The number of nitrogens with zero attached hydrogens (tertiary/aromatic N) is 4. The molecule has 0 amide bonds. The van der Waals surface area contributed by atoms with Gasteiger partial charge in [-0.25, -0.2) is 9.97 Å². The standard InChI is InChI=1S/C13H20F3N5/c1-9(2)12-18-10(17)7-11(19-12)21-5-3-20(4-6-21)8-13(14,15)16/h7,9H,3-6,8H2,1-2H3,(H2,17,18,19). The van der Waals surface area contributed by atoms with Crippen LogP contribution >= 0.6 is 0 Å². The van der Waals surface area contributed by atoms with Crippen molar-refractivity contribution in [1.82, 2.24) is 14.9 Å². The highest BCUT2D eigenvalue weighted by atomic mass is 19.4. The van der Waals surface area contributed by atoms with Crippen LogP contribution in [0.4, 0.5) is 24.8 Å². The summed E-state index contributed by atoms with van der Waals surface area (Å²) in [6.07, 6.45) is -4.15. The third kappa shape index (κ3) is 4.45. The van der Waals surface area contributed by atoms with Crippen LogP contribution in [0.1, 0.15) is 25.6 Å². The molecule has 1 saturated heterocycles. The number of hydrogen-bond donors (Lipinski definition) is 1. The van der Waals surface area contributed by atoms with Gasteiger partial charge in [-0.15, -0.1) is 0 Å². The third-order valence-electron chi connectivity index (χ3n) is 3.37. The molecule has 0 aliphatic carbocycles. The normalized spacial score (nSPS) is 17.5. The summed E-state index contributed by atoms with van der Waals surface area (Å²) in [7, 11) is 0. The highest BCUT2D eigenvalue weighted by Crippen LogP contribution is 2.21. The summed E-state index contributed by atoms with van der Waals surface area (Å²) < 4.78 is 37.1. The smallest absolute Gasteiger partial charge is 0.384 e. The quantitative estimate of drug-likeness (QED) is 0.924. The summed E-state index contributed by atoms with van der Waals surface area (Å²) in [4.78, 5) is 12.0. The summed E-state index contributed by atoms with van der Waals surface area (Å²) in [5.74, 6) is 1.89. The first kappa shape index (κ1) is 15.8. The Morgan fingerprint density at radius 3 is 2.33 bits per heavy atom. The minimum Gasteiger partial charge on any atom is -0.384 e. The molecule has 0 saturated carbocycles. The van der Waals surface area contributed by atoms with Gasteiger partial charge in [-0.05, 0) is 0 Å². The van der Waals surface area contributed by atoms with Gasteiger partial charge in [-0.1, -0.05) is 13.8 Å². The van der Waals surface area contributed by atoms with Crippen LogP contribution in [0, 0.1) is 0 Å². The van der Waals surface area contributed by atoms with Crippen LogP contribution in [-0.4, -0.2) is 53.8 Å².